The summed E-state index contributed by atoms with van der Waals surface area (Å²) in [4.78, 5) is 10.4. The zero-order chi connectivity index (χ0) is 11.7. The number of nitrogens with zero attached hydrogens (tertiary/aromatic N) is 2. The number of nitro groups is 1. The summed E-state index contributed by atoms with van der Waals surface area (Å²) in [6, 6.07) is 4.93. The second-order valence-electron chi connectivity index (χ2n) is 3.35. The third-order valence-corrected chi connectivity index (χ3v) is 2.57. The topological polar surface area (TPSA) is 71.8 Å². The van der Waals surface area contributed by atoms with E-state index in [1.807, 2.05) is 0 Å². The monoisotopic (exact) mass is 237 g/mol. The highest BCUT2D eigenvalue weighted by molar-refractivity contribution is 6.32. The summed E-state index contributed by atoms with van der Waals surface area (Å²) < 4.78 is 0. The van der Waals surface area contributed by atoms with Crippen LogP contribution in [0.1, 0.15) is 5.56 Å². The van der Waals surface area contributed by atoms with Gasteiger partial charge in [0.2, 0.25) is 0 Å². The van der Waals surface area contributed by atoms with Crippen molar-refractivity contribution >= 4 is 17.3 Å². The van der Waals surface area contributed by atoms with Crippen LogP contribution in [-0.2, 0) is 0 Å². The van der Waals surface area contributed by atoms with Gasteiger partial charge in [-0.1, -0.05) is 23.7 Å². The Hall–Kier alpha value is -1.88. The molecule has 6 heteroatoms. The normalized spacial score (nSPS) is 10.4. The van der Waals surface area contributed by atoms with Crippen LogP contribution < -0.4 is 0 Å². The molecule has 0 atom stereocenters. The third kappa shape index (κ3) is 1.77. The molecule has 82 valence electrons. The fraction of sp³-hybridized carbons (Fsp3) is 0.100. The van der Waals surface area contributed by atoms with Gasteiger partial charge in [-0.3, -0.25) is 15.2 Å². The van der Waals surface area contributed by atoms with Gasteiger partial charge in [0.15, 0.2) is 0 Å². The number of benzene rings is 1. The molecular weight excluding hydrogens is 230 g/mol. The first-order valence-corrected chi connectivity index (χ1v) is 4.91. The highest BCUT2D eigenvalue weighted by atomic mass is 35.5. The lowest BCUT2D eigenvalue weighted by molar-refractivity contribution is -0.385. The fourth-order valence-electron chi connectivity index (χ4n) is 1.44. The summed E-state index contributed by atoms with van der Waals surface area (Å²) in [5, 5.41) is 17.7. The van der Waals surface area contributed by atoms with Crippen LogP contribution in [0.15, 0.2) is 24.4 Å². The van der Waals surface area contributed by atoms with Crippen molar-refractivity contribution in [2.45, 2.75) is 6.92 Å². The number of aromatic amines is 1. The van der Waals surface area contributed by atoms with Gasteiger partial charge in [-0.15, -0.1) is 0 Å². The molecule has 1 aromatic heterocycles. The van der Waals surface area contributed by atoms with Crippen LogP contribution in [0.2, 0.25) is 5.02 Å². The van der Waals surface area contributed by atoms with E-state index in [1.165, 1.54) is 12.3 Å². The van der Waals surface area contributed by atoms with Crippen LogP contribution >= 0.6 is 11.6 Å². The maximum Gasteiger partial charge on any atom is 0.272 e. The van der Waals surface area contributed by atoms with Crippen molar-refractivity contribution in [2.24, 2.45) is 0 Å². The Morgan fingerprint density at radius 1 is 1.50 bits per heavy atom. The Balaban J connectivity index is 2.56. The molecule has 5 nitrogen and oxygen atoms in total. The van der Waals surface area contributed by atoms with Crippen molar-refractivity contribution in [1.29, 1.82) is 0 Å². The van der Waals surface area contributed by atoms with E-state index in [1.54, 1.807) is 19.1 Å². The number of halogens is 1. The number of rotatable bonds is 2. The Morgan fingerprint density at radius 3 is 2.81 bits per heavy atom. The molecule has 0 aliphatic heterocycles. The van der Waals surface area contributed by atoms with Gasteiger partial charge in [-0.05, 0) is 6.92 Å². The summed E-state index contributed by atoms with van der Waals surface area (Å²) in [6.07, 6.45) is 1.46. The van der Waals surface area contributed by atoms with Gasteiger partial charge in [0.1, 0.15) is 0 Å². The van der Waals surface area contributed by atoms with Crippen LogP contribution in [-0.4, -0.2) is 15.1 Å². The molecule has 0 bridgehead atoms. The molecular formula is C10H8ClN3O2. The lowest BCUT2D eigenvalue weighted by atomic mass is 10.1. The first-order valence-electron chi connectivity index (χ1n) is 4.54. The maximum absolute atomic E-state index is 10.8. The largest absolute Gasteiger partial charge is 0.276 e. The van der Waals surface area contributed by atoms with E-state index in [0.29, 0.717) is 21.8 Å². The first-order chi connectivity index (χ1) is 7.59. The lowest BCUT2D eigenvalue weighted by Crippen LogP contribution is -1.92. The minimum atomic E-state index is -0.414. The Kier molecular flexibility index (Phi) is 2.62. The third-order valence-electron chi connectivity index (χ3n) is 2.29. The molecule has 0 saturated heterocycles. The summed E-state index contributed by atoms with van der Waals surface area (Å²) in [6.45, 7) is 1.69. The molecule has 0 aliphatic rings. The molecule has 1 aromatic carbocycles. The minimum Gasteiger partial charge on any atom is -0.276 e. The standard InChI is InChI=1S/C10H8ClN3O2/c1-6-2-3-7(4-9(6)14(15)16)10-8(11)5-12-13-10/h2-5H,1H3,(H,12,13). The van der Waals surface area contributed by atoms with Gasteiger partial charge >= 0.3 is 0 Å². The zero-order valence-electron chi connectivity index (χ0n) is 8.40. The molecule has 1 heterocycles. The van der Waals surface area contributed by atoms with Crippen LogP contribution in [0, 0.1) is 17.0 Å². The summed E-state index contributed by atoms with van der Waals surface area (Å²) >= 11 is 5.88. The number of H-pyrrole nitrogens is 1. The van der Waals surface area contributed by atoms with Crippen LogP contribution in [0.4, 0.5) is 5.69 Å². The lowest BCUT2D eigenvalue weighted by Gasteiger charge is -2.01. The second-order valence-corrected chi connectivity index (χ2v) is 3.76. The van der Waals surface area contributed by atoms with Crippen LogP contribution in [0.3, 0.4) is 0 Å². The van der Waals surface area contributed by atoms with E-state index < -0.39 is 4.92 Å². The number of aryl methyl sites for hydroxylation is 1. The van der Waals surface area contributed by atoms with E-state index in [0.717, 1.165) is 0 Å². The van der Waals surface area contributed by atoms with Crippen molar-refractivity contribution in [2.75, 3.05) is 0 Å². The molecule has 0 fully saturated rings. The van der Waals surface area contributed by atoms with Crippen molar-refractivity contribution in [3.8, 4) is 11.3 Å². The van der Waals surface area contributed by atoms with Gasteiger partial charge in [-0.2, -0.15) is 5.10 Å². The fourth-order valence-corrected chi connectivity index (χ4v) is 1.64. The van der Waals surface area contributed by atoms with Crippen molar-refractivity contribution in [1.82, 2.24) is 10.2 Å². The average molecular weight is 238 g/mol. The molecule has 0 spiro atoms. The SMILES string of the molecule is Cc1ccc(-c2[nH]ncc2Cl)cc1[N+](=O)[O-]. The van der Waals surface area contributed by atoms with Gasteiger partial charge < -0.3 is 0 Å². The van der Waals surface area contributed by atoms with Gasteiger partial charge in [-0.25, -0.2) is 0 Å². The van der Waals surface area contributed by atoms with E-state index in [4.69, 9.17) is 11.6 Å². The van der Waals surface area contributed by atoms with Crippen LogP contribution in [0.5, 0.6) is 0 Å². The highest BCUT2D eigenvalue weighted by Crippen LogP contribution is 2.29. The molecule has 1 N–H and O–H groups in total. The number of hydrogen-bond acceptors (Lipinski definition) is 3. The molecule has 0 amide bonds. The summed E-state index contributed by atoms with van der Waals surface area (Å²) in [5.74, 6) is 0. The molecule has 0 unspecified atom stereocenters. The predicted molar refractivity (Wildman–Crippen MR) is 60.4 cm³/mol. The predicted octanol–water partition coefficient (Wildman–Crippen LogP) is 2.95. The number of nitrogens with one attached hydrogen (secondary N) is 1. The molecule has 0 radical (unpaired) electrons. The maximum atomic E-state index is 10.8. The first kappa shape index (κ1) is 10.6. The van der Waals surface area contributed by atoms with E-state index in [9.17, 15) is 10.1 Å². The van der Waals surface area contributed by atoms with Crippen molar-refractivity contribution in [3.05, 3.63) is 45.1 Å². The highest BCUT2D eigenvalue weighted by Gasteiger charge is 2.14. The average Bonchev–Trinajstić information content (AvgIpc) is 2.65. The van der Waals surface area contributed by atoms with E-state index in [-0.39, 0.29) is 5.69 Å². The Bertz CT molecular complexity index is 551. The number of nitro benzene ring substituents is 1. The minimum absolute atomic E-state index is 0.0724. The molecule has 0 saturated carbocycles. The summed E-state index contributed by atoms with van der Waals surface area (Å²) in [7, 11) is 0. The van der Waals surface area contributed by atoms with E-state index >= 15 is 0 Å². The second kappa shape index (κ2) is 3.94. The Morgan fingerprint density at radius 2 is 2.25 bits per heavy atom. The van der Waals surface area contributed by atoms with E-state index in [2.05, 4.69) is 10.2 Å². The smallest absolute Gasteiger partial charge is 0.272 e. The number of aromatic nitrogens is 2. The van der Waals surface area contributed by atoms with Gasteiger partial charge in [0.25, 0.3) is 5.69 Å². The molecule has 2 rings (SSSR count). The van der Waals surface area contributed by atoms with Gasteiger partial charge in [0.05, 0.1) is 21.8 Å². The quantitative estimate of drug-likeness (QED) is 0.645. The van der Waals surface area contributed by atoms with Crippen LogP contribution in [0.25, 0.3) is 11.3 Å². The molecule has 16 heavy (non-hydrogen) atoms. The van der Waals surface area contributed by atoms with Gasteiger partial charge in [0, 0.05) is 17.2 Å². The van der Waals surface area contributed by atoms with Crippen molar-refractivity contribution in [3.63, 3.8) is 0 Å². The molecule has 0 aliphatic carbocycles. The van der Waals surface area contributed by atoms with Crippen molar-refractivity contribution < 1.29 is 4.92 Å². The zero-order valence-corrected chi connectivity index (χ0v) is 9.15. The molecule has 2 aromatic rings. The summed E-state index contributed by atoms with van der Waals surface area (Å²) in [5.41, 5.74) is 1.93. The number of hydrogen-bond donors (Lipinski definition) is 1. The Labute approximate surface area is 96.2 Å².